The molecule has 1 aliphatic rings. The highest BCUT2D eigenvalue weighted by molar-refractivity contribution is 5.92. The number of hydrogen-bond donors (Lipinski definition) is 2. The van der Waals surface area contributed by atoms with E-state index in [1.54, 1.807) is 19.1 Å². The van der Waals surface area contributed by atoms with Crippen molar-refractivity contribution < 1.29 is 19.8 Å². The van der Waals surface area contributed by atoms with Crippen LogP contribution in [0.15, 0.2) is 35.5 Å². The first kappa shape index (κ1) is 17.4. The van der Waals surface area contributed by atoms with Crippen molar-refractivity contribution in [3.8, 4) is 0 Å². The van der Waals surface area contributed by atoms with Crippen molar-refractivity contribution in [3.63, 3.8) is 0 Å². The lowest BCUT2D eigenvalue weighted by molar-refractivity contribution is -0.131. The minimum Gasteiger partial charge on any atom is -0.478 e. The van der Waals surface area contributed by atoms with Crippen LogP contribution in [0.4, 0.5) is 0 Å². The Morgan fingerprint density at radius 1 is 1.43 bits per heavy atom. The van der Waals surface area contributed by atoms with E-state index in [1.165, 1.54) is 6.08 Å². The van der Waals surface area contributed by atoms with Crippen LogP contribution in [0.3, 0.4) is 0 Å². The predicted molar refractivity (Wildman–Crippen MR) is 81.9 cm³/mol. The topological polar surface area (TPSA) is 74.6 Å². The summed E-state index contributed by atoms with van der Waals surface area (Å²) in [6.07, 6.45) is 7.61. The van der Waals surface area contributed by atoms with Crippen LogP contribution < -0.4 is 0 Å². The number of carboxylic acid groups (broad SMARTS) is 1. The van der Waals surface area contributed by atoms with Crippen molar-refractivity contribution in [1.82, 2.24) is 0 Å². The Bertz CT molecular complexity index is 523. The summed E-state index contributed by atoms with van der Waals surface area (Å²) in [5, 5.41) is 19.8. The minimum atomic E-state index is -1.24. The SMILES string of the molecule is CCCC(C=CC1(O)C(C)=CC(=O)CC1(C)C)=CC(=O)O. The summed E-state index contributed by atoms with van der Waals surface area (Å²) in [5.74, 6) is -0.995. The molecule has 1 aliphatic carbocycles. The third kappa shape index (κ3) is 3.91. The summed E-state index contributed by atoms with van der Waals surface area (Å²) in [6, 6.07) is 0. The molecule has 4 nitrogen and oxygen atoms in total. The molecule has 116 valence electrons. The predicted octanol–water partition coefficient (Wildman–Crippen LogP) is 3.03. The van der Waals surface area contributed by atoms with Gasteiger partial charge in [-0.3, -0.25) is 4.79 Å². The number of hydrogen-bond acceptors (Lipinski definition) is 3. The molecule has 0 spiro atoms. The molecule has 1 atom stereocenters. The maximum atomic E-state index is 11.7. The first-order valence-corrected chi connectivity index (χ1v) is 7.19. The van der Waals surface area contributed by atoms with Gasteiger partial charge in [-0.2, -0.15) is 0 Å². The van der Waals surface area contributed by atoms with Gasteiger partial charge in [0, 0.05) is 17.9 Å². The molecule has 0 amide bonds. The number of allylic oxidation sites excluding steroid dienone is 3. The van der Waals surface area contributed by atoms with Crippen molar-refractivity contribution in [2.24, 2.45) is 5.41 Å². The molecule has 2 N–H and O–H groups in total. The van der Waals surface area contributed by atoms with Crippen LogP contribution in [0, 0.1) is 5.41 Å². The van der Waals surface area contributed by atoms with Gasteiger partial charge in [0.25, 0.3) is 0 Å². The van der Waals surface area contributed by atoms with Gasteiger partial charge in [0.2, 0.25) is 0 Å². The lowest BCUT2D eigenvalue weighted by Gasteiger charge is -2.44. The molecule has 21 heavy (non-hydrogen) atoms. The molecule has 4 heteroatoms. The van der Waals surface area contributed by atoms with Gasteiger partial charge in [-0.1, -0.05) is 33.3 Å². The van der Waals surface area contributed by atoms with Crippen molar-refractivity contribution in [1.29, 1.82) is 0 Å². The third-order valence-electron chi connectivity index (χ3n) is 4.01. The first-order valence-electron chi connectivity index (χ1n) is 7.19. The number of carboxylic acids is 1. The molecular formula is C17H24O4. The van der Waals surface area contributed by atoms with Gasteiger partial charge in [0.05, 0.1) is 0 Å². The Morgan fingerprint density at radius 3 is 2.52 bits per heavy atom. The fraction of sp³-hybridized carbons (Fsp3) is 0.529. The van der Waals surface area contributed by atoms with E-state index in [0.29, 0.717) is 17.6 Å². The van der Waals surface area contributed by atoms with Crippen molar-refractivity contribution in [3.05, 3.63) is 35.5 Å². The van der Waals surface area contributed by atoms with Crippen molar-refractivity contribution >= 4 is 11.8 Å². The number of carbonyl (C=O) groups excluding carboxylic acids is 1. The summed E-state index contributed by atoms with van der Waals surface area (Å²) in [7, 11) is 0. The van der Waals surface area contributed by atoms with E-state index >= 15 is 0 Å². The van der Waals surface area contributed by atoms with Gasteiger partial charge in [-0.15, -0.1) is 0 Å². The van der Waals surface area contributed by atoms with Gasteiger partial charge in [-0.25, -0.2) is 4.79 Å². The van der Waals surface area contributed by atoms with Crippen LogP contribution in [0.25, 0.3) is 0 Å². The standard InChI is InChI=1S/C17H24O4/c1-5-6-13(10-15(19)20)7-8-17(21)12(2)9-14(18)11-16(17,3)4/h7-10,21H,5-6,11H2,1-4H3,(H,19,20). The van der Waals surface area contributed by atoms with Crippen molar-refractivity contribution in [2.75, 3.05) is 0 Å². The fourth-order valence-electron chi connectivity index (χ4n) is 2.74. The lowest BCUT2D eigenvalue weighted by atomic mass is 9.64. The Balaban J connectivity index is 3.17. The second kappa shape index (κ2) is 6.39. The zero-order valence-electron chi connectivity index (χ0n) is 13.1. The molecule has 0 fully saturated rings. The van der Waals surface area contributed by atoms with E-state index in [2.05, 4.69) is 0 Å². The Kier molecular flexibility index (Phi) is 5.29. The van der Waals surface area contributed by atoms with Crippen LogP contribution in [-0.2, 0) is 9.59 Å². The molecule has 0 aromatic rings. The fourth-order valence-corrected chi connectivity index (χ4v) is 2.74. The monoisotopic (exact) mass is 292 g/mol. The van der Waals surface area contributed by atoms with Crippen molar-refractivity contribution in [2.45, 2.75) is 52.6 Å². The second-order valence-electron chi connectivity index (χ2n) is 6.26. The normalized spacial score (nSPS) is 26.0. The molecule has 1 unspecified atom stereocenters. The van der Waals surface area contributed by atoms with Gasteiger partial charge < -0.3 is 10.2 Å². The van der Waals surface area contributed by atoms with Crippen LogP contribution in [-0.4, -0.2) is 27.6 Å². The van der Waals surface area contributed by atoms with Gasteiger partial charge >= 0.3 is 5.97 Å². The summed E-state index contributed by atoms with van der Waals surface area (Å²) in [6.45, 7) is 7.37. The molecule has 0 radical (unpaired) electrons. The minimum absolute atomic E-state index is 0.00503. The average molecular weight is 292 g/mol. The molecule has 0 aromatic carbocycles. The Labute approximate surface area is 125 Å². The maximum absolute atomic E-state index is 11.7. The Morgan fingerprint density at radius 2 is 2.05 bits per heavy atom. The highest BCUT2D eigenvalue weighted by atomic mass is 16.4. The summed E-state index contributed by atoms with van der Waals surface area (Å²) < 4.78 is 0. The summed E-state index contributed by atoms with van der Waals surface area (Å²) >= 11 is 0. The molecule has 1 rings (SSSR count). The van der Waals surface area contributed by atoms with Crippen LogP contribution in [0.5, 0.6) is 0 Å². The lowest BCUT2D eigenvalue weighted by Crippen LogP contribution is -2.48. The first-order chi connectivity index (χ1) is 9.62. The number of ketones is 1. The number of aliphatic hydroxyl groups is 1. The van der Waals surface area contributed by atoms with E-state index < -0.39 is 17.0 Å². The van der Waals surface area contributed by atoms with Crippen LogP contribution in [0.1, 0.15) is 47.0 Å². The number of carbonyl (C=O) groups is 2. The summed E-state index contributed by atoms with van der Waals surface area (Å²) in [4.78, 5) is 22.5. The Hall–Kier alpha value is -1.68. The van der Waals surface area contributed by atoms with Gasteiger partial charge in [0.15, 0.2) is 5.78 Å². The molecule has 0 saturated heterocycles. The molecule has 0 aliphatic heterocycles. The molecule has 0 bridgehead atoms. The second-order valence-corrected chi connectivity index (χ2v) is 6.26. The van der Waals surface area contributed by atoms with E-state index in [9.17, 15) is 14.7 Å². The van der Waals surface area contributed by atoms with E-state index in [0.717, 1.165) is 12.5 Å². The van der Waals surface area contributed by atoms with Gasteiger partial charge in [0.1, 0.15) is 5.60 Å². The number of aliphatic carboxylic acids is 1. The maximum Gasteiger partial charge on any atom is 0.328 e. The molecule has 0 saturated carbocycles. The zero-order valence-corrected chi connectivity index (χ0v) is 13.1. The zero-order chi connectivity index (χ0) is 16.3. The van der Waals surface area contributed by atoms with Crippen LogP contribution >= 0.6 is 0 Å². The quantitative estimate of drug-likeness (QED) is 0.603. The highest BCUT2D eigenvalue weighted by Gasteiger charge is 2.46. The van der Waals surface area contributed by atoms with E-state index in [-0.39, 0.29) is 12.2 Å². The number of rotatable bonds is 5. The van der Waals surface area contributed by atoms with Crippen LogP contribution in [0.2, 0.25) is 0 Å². The van der Waals surface area contributed by atoms with Gasteiger partial charge in [-0.05, 0) is 36.6 Å². The smallest absolute Gasteiger partial charge is 0.328 e. The van der Waals surface area contributed by atoms with E-state index in [1.807, 2.05) is 20.8 Å². The summed E-state index contributed by atoms with van der Waals surface area (Å²) in [5.41, 5.74) is -0.628. The third-order valence-corrected chi connectivity index (χ3v) is 4.01. The molecular weight excluding hydrogens is 268 g/mol. The molecule has 0 aromatic heterocycles. The molecule has 0 heterocycles. The largest absolute Gasteiger partial charge is 0.478 e. The highest BCUT2D eigenvalue weighted by Crippen LogP contribution is 2.44. The van der Waals surface area contributed by atoms with E-state index in [4.69, 9.17) is 5.11 Å². The average Bonchev–Trinajstić information content (AvgIpc) is 2.32.